The highest BCUT2D eigenvalue weighted by Gasteiger charge is 2.30. The minimum atomic E-state index is 0.781. The number of fused-ring (bicyclic) bond motifs is 1. The summed E-state index contributed by atoms with van der Waals surface area (Å²) in [5, 5.41) is 1.92. The van der Waals surface area contributed by atoms with Crippen molar-refractivity contribution in [2.24, 2.45) is 4.99 Å². The predicted molar refractivity (Wildman–Crippen MR) is 70.6 cm³/mol. The number of rotatable bonds is 1. The zero-order valence-electron chi connectivity index (χ0n) is 8.90. The Balaban J connectivity index is 2.03. The molecule has 0 aromatic heterocycles. The van der Waals surface area contributed by atoms with Gasteiger partial charge >= 0.3 is 0 Å². The highest BCUT2D eigenvalue weighted by Crippen LogP contribution is 2.41. The summed E-state index contributed by atoms with van der Waals surface area (Å²) in [4.78, 5) is 8.09. The lowest BCUT2D eigenvalue weighted by Gasteiger charge is -2.17. The lowest BCUT2D eigenvalue weighted by Crippen LogP contribution is -2.19. The van der Waals surface area contributed by atoms with Gasteiger partial charge in [-0.1, -0.05) is 35.5 Å². The van der Waals surface area contributed by atoms with E-state index < -0.39 is 0 Å². The van der Waals surface area contributed by atoms with E-state index in [1.165, 1.54) is 16.2 Å². The van der Waals surface area contributed by atoms with Crippen LogP contribution in [-0.2, 0) is 0 Å². The van der Waals surface area contributed by atoms with Gasteiger partial charge in [-0.2, -0.15) is 0 Å². The summed E-state index contributed by atoms with van der Waals surface area (Å²) < 4.78 is 0. The van der Waals surface area contributed by atoms with Crippen LogP contribution in [-0.4, -0.2) is 23.2 Å². The van der Waals surface area contributed by atoms with Gasteiger partial charge in [0.1, 0.15) is 0 Å². The molecule has 2 nitrogen and oxygen atoms in total. The van der Waals surface area contributed by atoms with Crippen LogP contribution in [0.25, 0.3) is 5.70 Å². The molecule has 0 fully saturated rings. The Morgan fingerprint density at radius 2 is 2.06 bits per heavy atom. The summed E-state index contributed by atoms with van der Waals surface area (Å²) >= 11 is 7.67. The largest absolute Gasteiger partial charge is 0.318 e. The molecule has 2 aliphatic heterocycles. The molecule has 82 valence electrons. The van der Waals surface area contributed by atoms with E-state index in [9.17, 15) is 0 Å². The second kappa shape index (κ2) is 3.82. The molecule has 0 aliphatic carbocycles. The smallest absolute Gasteiger partial charge is 0.168 e. The van der Waals surface area contributed by atoms with Crippen LogP contribution in [0.3, 0.4) is 0 Å². The molecule has 0 atom stereocenters. The molecule has 0 amide bonds. The first-order valence-corrected chi connectivity index (χ1v) is 6.42. The molecule has 0 saturated heterocycles. The van der Waals surface area contributed by atoms with Gasteiger partial charge in [0.25, 0.3) is 0 Å². The van der Waals surface area contributed by atoms with E-state index in [4.69, 9.17) is 11.6 Å². The van der Waals surface area contributed by atoms with Crippen LogP contribution in [0.4, 0.5) is 0 Å². The lowest BCUT2D eigenvalue weighted by molar-refractivity contribution is 0.648. The average Bonchev–Trinajstić information content (AvgIpc) is 2.79. The molecule has 3 rings (SSSR count). The summed E-state index contributed by atoms with van der Waals surface area (Å²) in [7, 11) is 0. The lowest BCUT2D eigenvalue weighted by atomic mass is 10.1. The summed E-state index contributed by atoms with van der Waals surface area (Å²) in [5.74, 6) is 0. The molecule has 0 saturated carbocycles. The van der Waals surface area contributed by atoms with Gasteiger partial charge in [-0.05, 0) is 24.6 Å². The van der Waals surface area contributed by atoms with Crippen LogP contribution in [0.5, 0.6) is 0 Å². The number of allylic oxidation sites excluding steroid dienone is 1. The van der Waals surface area contributed by atoms with Crippen molar-refractivity contribution in [1.29, 1.82) is 0 Å². The van der Waals surface area contributed by atoms with E-state index in [1.54, 1.807) is 11.8 Å². The molecule has 2 aliphatic rings. The number of hydrogen-bond acceptors (Lipinski definition) is 3. The Morgan fingerprint density at radius 3 is 2.81 bits per heavy atom. The molecular formula is C12H11ClN2S. The fourth-order valence-electron chi connectivity index (χ4n) is 2.06. The van der Waals surface area contributed by atoms with Gasteiger partial charge in [-0.15, -0.1) is 0 Å². The van der Waals surface area contributed by atoms with Crippen molar-refractivity contribution in [2.45, 2.75) is 6.92 Å². The fourth-order valence-corrected chi connectivity index (χ4v) is 3.24. The van der Waals surface area contributed by atoms with Gasteiger partial charge in [-0.25, -0.2) is 0 Å². The van der Waals surface area contributed by atoms with Crippen molar-refractivity contribution < 1.29 is 0 Å². The molecule has 1 aromatic rings. The number of halogens is 1. The molecule has 1 aromatic carbocycles. The summed E-state index contributed by atoms with van der Waals surface area (Å²) in [6.45, 7) is 4.06. The number of benzene rings is 1. The highest BCUT2D eigenvalue weighted by molar-refractivity contribution is 8.17. The van der Waals surface area contributed by atoms with Gasteiger partial charge in [-0.3, -0.25) is 4.99 Å². The molecule has 0 bridgehead atoms. The van der Waals surface area contributed by atoms with Crippen molar-refractivity contribution in [3.8, 4) is 0 Å². The van der Waals surface area contributed by atoms with Crippen molar-refractivity contribution in [2.75, 3.05) is 13.1 Å². The molecule has 16 heavy (non-hydrogen) atoms. The van der Waals surface area contributed by atoms with Crippen molar-refractivity contribution in [3.05, 3.63) is 39.8 Å². The molecule has 4 heteroatoms. The van der Waals surface area contributed by atoms with Crippen molar-refractivity contribution >= 4 is 34.2 Å². The number of aliphatic imine (C=N–C) groups is 1. The van der Waals surface area contributed by atoms with Gasteiger partial charge in [0.15, 0.2) is 5.17 Å². The van der Waals surface area contributed by atoms with E-state index >= 15 is 0 Å². The van der Waals surface area contributed by atoms with Gasteiger partial charge in [0.05, 0.1) is 12.2 Å². The molecule has 0 unspecified atom stereocenters. The zero-order chi connectivity index (χ0) is 11.1. The van der Waals surface area contributed by atoms with E-state index in [1.807, 2.05) is 12.1 Å². The van der Waals surface area contributed by atoms with Crippen LogP contribution in [0.1, 0.15) is 12.5 Å². The van der Waals surface area contributed by atoms with Gasteiger partial charge < -0.3 is 4.90 Å². The Hall–Kier alpha value is -0.930. The Kier molecular flexibility index (Phi) is 2.45. The first-order valence-electron chi connectivity index (χ1n) is 5.22. The Labute approximate surface area is 104 Å². The SMILES string of the molecule is CC1=C(c2ccc(Cl)cc2)N2CCN=C2S1. The number of amidine groups is 1. The minimum Gasteiger partial charge on any atom is -0.318 e. The van der Waals surface area contributed by atoms with Crippen molar-refractivity contribution in [1.82, 2.24) is 4.90 Å². The predicted octanol–water partition coefficient (Wildman–Crippen LogP) is 3.45. The van der Waals surface area contributed by atoms with Crippen molar-refractivity contribution in [3.63, 3.8) is 0 Å². The molecular weight excluding hydrogens is 240 g/mol. The summed E-state index contributed by atoms with van der Waals surface area (Å²) in [6, 6.07) is 8.02. The van der Waals surface area contributed by atoms with E-state index in [2.05, 4.69) is 28.9 Å². The van der Waals surface area contributed by atoms with Crippen LogP contribution in [0.2, 0.25) is 5.02 Å². The fraction of sp³-hybridized carbons (Fsp3) is 0.250. The maximum Gasteiger partial charge on any atom is 0.168 e. The minimum absolute atomic E-state index is 0.781. The van der Waals surface area contributed by atoms with Crippen LogP contribution < -0.4 is 0 Å². The number of thioether (sulfide) groups is 1. The third-order valence-corrected chi connectivity index (χ3v) is 4.05. The number of nitrogens with zero attached hydrogens (tertiary/aromatic N) is 2. The molecule has 2 heterocycles. The normalized spacial score (nSPS) is 19.1. The molecule has 0 spiro atoms. The van der Waals surface area contributed by atoms with E-state index in [0.717, 1.165) is 23.3 Å². The standard InChI is InChI=1S/C12H11ClN2S/c1-8-11(9-2-4-10(13)5-3-9)15-7-6-14-12(15)16-8/h2-5H,6-7H2,1H3. The van der Waals surface area contributed by atoms with E-state index in [-0.39, 0.29) is 0 Å². The quantitative estimate of drug-likeness (QED) is 0.759. The van der Waals surface area contributed by atoms with Crippen LogP contribution >= 0.6 is 23.4 Å². The molecule has 0 radical (unpaired) electrons. The maximum absolute atomic E-state index is 5.91. The Bertz CT molecular complexity index is 490. The van der Waals surface area contributed by atoms with Crippen LogP contribution in [0.15, 0.2) is 34.2 Å². The molecule has 0 N–H and O–H groups in total. The first kappa shape index (κ1) is 10.2. The summed E-state index contributed by atoms with van der Waals surface area (Å²) in [6.07, 6.45) is 0. The topological polar surface area (TPSA) is 15.6 Å². The monoisotopic (exact) mass is 250 g/mol. The third kappa shape index (κ3) is 1.55. The van der Waals surface area contributed by atoms with Gasteiger partial charge in [0, 0.05) is 16.5 Å². The Morgan fingerprint density at radius 1 is 1.31 bits per heavy atom. The second-order valence-electron chi connectivity index (χ2n) is 3.83. The highest BCUT2D eigenvalue weighted by atomic mass is 35.5. The number of hydrogen-bond donors (Lipinski definition) is 0. The van der Waals surface area contributed by atoms with E-state index in [0.29, 0.717) is 0 Å². The van der Waals surface area contributed by atoms with Crippen LogP contribution in [0, 0.1) is 0 Å². The second-order valence-corrected chi connectivity index (χ2v) is 5.45. The third-order valence-electron chi connectivity index (χ3n) is 2.77. The first-order chi connectivity index (χ1) is 7.75. The summed E-state index contributed by atoms with van der Waals surface area (Å²) in [5.41, 5.74) is 2.51. The maximum atomic E-state index is 5.91. The zero-order valence-corrected chi connectivity index (χ0v) is 10.5. The average molecular weight is 251 g/mol. The van der Waals surface area contributed by atoms with Gasteiger partial charge in [0.2, 0.25) is 0 Å².